The van der Waals surface area contributed by atoms with Crippen LogP contribution in [0.1, 0.15) is 20.3 Å². The maximum atomic E-state index is 11.9. The lowest BCUT2D eigenvalue weighted by Crippen LogP contribution is -2.22. The second-order valence-corrected chi connectivity index (χ2v) is 4.39. The molecule has 1 aliphatic rings. The summed E-state index contributed by atoms with van der Waals surface area (Å²) < 4.78 is 5.59. The van der Waals surface area contributed by atoms with Crippen LogP contribution in [0.2, 0.25) is 0 Å². The van der Waals surface area contributed by atoms with Crippen molar-refractivity contribution in [2.24, 2.45) is 5.10 Å². The number of carbonyl (C=O) groups excluding carboxylic acids is 2. The Morgan fingerprint density at radius 3 is 2.79 bits per heavy atom. The molecule has 0 aromatic heterocycles. The molecule has 1 aliphatic heterocycles. The summed E-state index contributed by atoms with van der Waals surface area (Å²) in [5.41, 5.74) is 2.97. The molecule has 0 fully saturated rings. The molecule has 1 aromatic rings. The van der Waals surface area contributed by atoms with Gasteiger partial charge in [0.15, 0.2) is 0 Å². The van der Waals surface area contributed by atoms with Gasteiger partial charge in [0.2, 0.25) is 5.91 Å². The molecule has 0 spiro atoms. The Balaban J connectivity index is 2.10. The number of hydrogen-bond donors (Lipinski definition) is 2. The van der Waals surface area contributed by atoms with Gasteiger partial charge in [-0.25, -0.2) is 5.43 Å². The Morgan fingerprint density at radius 1 is 1.42 bits per heavy atom. The fourth-order valence-corrected chi connectivity index (χ4v) is 1.61. The highest BCUT2D eigenvalue weighted by atomic mass is 16.5. The molecule has 2 rings (SSSR count). The molecule has 19 heavy (non-hydrogen) atoms. The van der Waals surface area contributed by atoms with Crippen molar-refractivity contribution in [1.29, 1.82) is 0 Å². The van der Waals surface area contributed by atoms with Crippen LogP contribution in [-0.4, -0.2) is 23.6 Å². The normalized spacial score (nSPS) is 14.1. The van der Waals surface area contributed by atoms with Crippen LogP contribution >= 0.6 is 0 Å². The molecule has 0 saturated carbocycles. The summed E-state index contributed by atoms with van der Waals surface area (Å²) in [4.78, 5) is 22.9. The molecule has 6 nitrogen and oxygen atoms in total. The molecule has 0 unspecified atom stereocenters. The second kappa shape index (κ2) is 5.51. The predicted molar refractivity (Wildman–Crippen MR) is 71.0 cm³/mol. The van der Waals surface area contributed by atoms with Crippen LogP contribution in [0.15, 0.2) is 29.4 Å². The van der Waals surface area contributed by atoms with Gasteiger partial charge in [-0.15, -0.1) is 0 Å². The zero-order chi connectivity index (χ0) is 13.8. The molecular weight excluding hydrogens is 246 g/mol. The predicted octanol–water partition coefficient (Wildman–Crippen LogP) is 1.29. The first-order valence-corrected chi connectivity index (χ1v) is 5.98. The number of benzene rings is 1. The van der Waals surface area contributed by atoms with Crippen LogP contribution in [0.25, 0.3) is 0 Å². The standard InChI is InChI=1S/C13H15N3O3/c1-8(2)19-11-6-4-3-5-9(11)14-13(18)10-7-12(17)16-15-10/h3-6,8H,7H2,1-2H3,(H,14,18)(H,16,17). The van der Waals surface area contributed by atoms with E-state index >= 15 is 0 Å². The summed E-state index contributed by atoms with van der Waals surface area (Å²) in [6.45, 7) is 3.81. The number of anilines is 1. The molecule has 2 N–H and O–H groups in total. The van der Waals surface area contributed by atoms with Crippen LogP contribution in [0.3, 0.4) is 0 Å². The van der Waals surface area contributed by atoms with Crippen molar-refractivity contribution in [3.8, 4) is 5.75 Å². The molecule has 100 valence electrons. The van der Waals surface area contributed by atoms with Gasteiger partial charge in [-0.3, -0.25) is 9.59 Å². The average Bonchev–Trinajstić information content (AvgIpc) is 2.78. The fraction of sp³-hybridized carbons (Fsp3) is 0.308. The Kier molecular flexibility index (Phi) is 3.79. The van der Waals surface area contributed by atoms with Gasteiger partial charge in [0, 0.05) is 0 Å². The van der Waals surface area contributed by atoms with Gasteiger partial charge in [-0.05, 0) is 26.0 Å². The van der Waals surface area contributed by atoms with E-state index < -0.39 is 5.91 Å². The number of ether oxygens (including phenoxy) is 1. The number of para-hydroxylation sites is 2. The van der Waals surface area contributed by atoms with E-state index in [9.17, 15) is 9.59 Å². The summed E-state index contributed by atoms with van der Waals surface area (Å²) >= 11 is 0. The van der Waals surface area contributed by atoms with Crippen LogP contribution in [0.4, 0.5) is 5.69 Å². The lowest BCUT2D eigenvalue weighted by Gasteiger charge is -2.14. The summed E-state index contributed by atoms with van der Waals surface area (Å²) in [7, 11) is 0. The summed E-state index contributed by atoms with van der Waals surface area (Å²) in [6, 6.07) is 7.13. The quantitative estimate of drug-likeness (QED) is 0.857. The minimum atomic E-state index is -0.404. The Morgan fingerprint density at radius 2 is 2.16 bits per heavy atom. The second-order valence-electron chi connectivity index (χ2n) is 4.39. The van der Waals surface area contributed by atoms with Crippen LogP contribution in [-0.2, 0) is 9.59 Å². The van der Waals surface area contributed by atoms with E-state index in [0.717, 1.165) is 0 Å². The minimum Gasteiger partial charge on any atom is -0.489 e. The molecule has 0 atom stereocenters. The number of hydrazone groups is 1. The van der Waals surface area contributed by atoms with E-state index in [4.69, 9.17) is 4.74 Å². The maximum Gasteiger partial charge on any atom is 0.272 e. The lowest BCUT2D eigenvalue weighted by molar-refractivity contribution is -0.119. The van der Waals surface area contributed by atoms with Gasteiger partial charge < -0.3 is 10.1 Å². The van der Waals surface area contributed by atoms with E-state index in [0.29, 0.717) is 11.4 Å². The van der Waals surface area contributed by atoms with E-state index in [1.54, 1.807) is 18.2 Å². The van der Waals surface area contributed by atoms with Crippen molar-refractivity contribution < 1.29 is 14.3 Å². The minimum absolute atomic E-state index is 0.000954. The van der Waals surface area contributed by atoms with Crippen molar-refractivity contribution in [1.82, 2.24) is 5.43 Å². The summed E-state index contributed by atoms with van der Waals surface area (Å²) in [6.07, 6.45) is 0.00378. The monoisotopic (exact) mass is 261 g/mol. The summed E-state index contributed by atoms with van der Waals surface area (Å²) in [5, 5.41) is 6.36. The first-order chi connectivity index (χ1) is 9.06. The number of amides is 2. The smallest absolute Gasteiger partial charge is 0.272 e. The summed E-state index contributed by atoms with van der Waals surface area (Å²) in [5.74, 6) is -0.0984. The topological polar surface area (TPSA) is 79.8 Å². The van der Waals surface area contributed by atoms with Crippen molar-refractivity contribution >= 4 is 23.2 Å². The molecule has 1 aromatic carbocycles. The van der Waals surface area contributed by atoms with Crippen molar-refractivity contribution in [2.75, 3.05) is 5.32 Å². The average molecular weight is 261 g/mol. The van der Waals surface area contributed by atoms with E-state index in [-0.39, 0.29) is 24.1 Å². The third-order valence-corrected chi connectivity index (χ3v) is 2.40. The van der Waals surface area contributed by atoms with Crippen molar-refractivity contribution in [3.63, 3.8) is 0 Å². The van der Waals surface area contributed by atoms with Crippen LogP contribution in [0, 0.1) is 0 Å². The van der Waals surface area contributed by atoms with Crippen LogP contribution in [0.5, 0.6) is 5.75 Å². The first-order valence-electron chi connectivity index (χ1n) is 5.98. The van der Waals surface area contributed by atoms with Gasteiger partial charge in [-0.1, -0.05) is 12.1 Å². The van der Waals surface area contributed by atoms with Crippen LogP contribution < -0.4 is 15.5 Å². The van der Waals surface area contributed by atoms with Gasteiger partial charge >= 0.3 is 0 Å². The fourth-order valence-electron chi connectivity index (χ4n) is 1.61. The van der Waals surface area contributed by atoms with Gasteiger partial charge in [0.05, 0.1) is 18.2 Å². The maximum absolute atomic E-state index is 11.9. The molecular formula is C13H15N3O3. The third kappa shape index (κ3) is 3.31. The lowest BCUT2D eigenvalue weighted by atomic mass is 10.2. The largest absolute Gasteiger partial charge is 0.489 e. The molecule has 0 radical (unpaired) electrons. The zero-order valence-electron chi connectivity index (χ0n) is 10.8. The van der Waals surface area contributed by atoms with Crippen molar-refractivity contribution in [3.05, 3.63) is 24.3 Å². The molecule has 0 aliphatic carbocycles. The van der Waals surface area contributed by atoms with Gasteiger partial charge in [0.25, 0.3) is 5.91 Å². The molecule has 2 amide bonds. The van der Waals surface area contributed by atoms with Gasteiger partial charge in [-0.2, -0.15) is 5.10 Å². The number of carbonyl (C=O) groups is 2. The molecule has 1 heterocycles. The van der Waals surface area contributed by atoms with E-state index in [2.05, 4.69) is 15.8 Å². The highest BCUT2D eigenvalue weighted by molar-refractivity contribution is 6.46. The SMILES string of the molecule is CC(C)Oc1ccccc1NC(=O)C1=NNC(=O)C1. The molecule has 0 saturated heterocycles. The Labute approximate surface area is 110 Å². The molecule has 0 bridgehead atoms. The zero-order valence-corrected chi connectivity index (χ0v) is 10.8. The number of nitrogens with zero attached hydrogens (tertiary/aromatic N) is 1. The highest BCUT2D eigenvalue weighted by Crippen LogP contribution is 2.24. The Hall–Kier alpha value is -2.37. The Bertz CT molecular complexity index is 538. The number of hydrogen-bond acceptors (Lipinski definition) is 4. The van der Waals surface area contributed by atoms with E-state index in [1.807, 2.05) is 19.9 Å². The van der Waals surface area contributed by atoms with Crippen molar-refractivity contribution in [2.45, 2.75) is 26.4 Å². The van der Waals surface area contributed by atoms with E-state index in [1.165, 1.54) is 0 Å². The third-order valence-electron chi connectivity index (χ3n) is 2.40. The number of rotatable bonds is 4. The van der Waals surface area contributed by atoms with Gasteiger partial charge in [0.1, 0.15) is 11.5 Å². The number of nitrogens with one attached hydrogen (secondary N) is 2. The first kappa shape index (κ1) is 13.1. The molecule has 6 heteroatoms. The highest BCUT2D eigenvalue weighted by Gasteiger charge is 2.22.